The molecule has 6 nitrogen and oxygen atoms in total. The normalized spacial score (nSPS) is 13.6. The highest BCUT2D eigenvalue weighted by atomic mass is 16.5. The Morgan fingerprint density at radius 3 is 2.72 bits per heavy atom. The Hall–Kier alpha value is -3.85. The maximum absolute atomic E-state index is 13.0. The molecule has 0 bridgehead atoms. The molecule has 0 unspecified atom stereocenters. The first-order valence-corrected chi connectivity index (χ1v) is 10.5. The van der Waals surface area contributed by atoms with Crippen LogP contribution in [0.5, 0.6) is 11.5 Å². The van der Waals surface area contributed by atoms with Gasteiger partial charge in [0, 0.05) is 11.8 Å². The number of ether oxygens (including phenoxy) is 3. The molecule has 32 heavy (non-hydrogen) atoms. The fourth-order valence-electron chi connectivity index (χ4n) is 4.04. The molecule has 1 aliphatic carbocycles. The molecule has 0 saturated heterocycles. The van der Waals surface area contributed by atoms with Gasteiger partial charge in [-0.1, -0.05) is 24.3 Å². The first-order chi connectivity index (χ1) is 15.7. The number of hydrogen-bond acceptors (Lipinski definition) is 6. The number of rotatable bonds is 7. The van der Waals surface area contributed by atoms with E-state index >= 15 is 0 Å². The Labute approximate surface area is 187 Å². The van der Waals surface area contributed by atoms with E-state index in [1.165, 1.54) is 0 Å². The topological polar surface area (TPSA) is 81.4 Å². The molecule has 1 aliphatic rings. The Bertz CT molecular complexity index is 1240. The number of aromatic nitrogens is 1. The first kappa shape index (κ1) is 21.4. The zero-order chi connectivity index (χ0) is 22.5. The molecule has 0 aliphatic heterocycles. The van der Waals surface area contributed by atoms with Crippen molar-refractivity contribution in [2.24, 2.45) is 0 Å². The molecule has 0 N–H and O–H groups in total. The maximum atomic E-state index is 13.0. The number of unbranched alkanes of at least 4 members (excludes halogenated alkanes) is 1. The van der Waals surface area contributed by atoms with E-state index < -0.39 is 0 Å². The molecule has 1 heterocycles. The average Bonchev–Trinajstić information content (AvgIpc) is 3.21. The van der Waals surface area contributed by atoms with E-state index in [1.54, 1.807) is 14.2 Å². The molecule has 0 amide bonds. The quantitative estimate of drug-likeness (QED) is 0.380. The fourth-order valence-corrected chi connectivity index (χ4v) is 4.04. The van der Waals surface area contributed by atoms with Gasteiger partial charge in [-0.05, 0) is 60.2 Å². The van der Waals surface area contributed by atoms with Crippen LogP contribution >= 0.6 is 0 Å². The molecule has 1 aromatic heterocycles. The second kappa shape index (κ2) is 9.52. The van der Waals surface area contributed by atoms with E-state index in [-0.39, 0.29) is 12.6 Å². The molecule has 0 radical (unpaired) electrons. The highest BCUT2D eigenvalue weighted by Crippen LogP contribution is 2.38. The minimum atomic E-state index is -0.356. The van der Waals surface area contributed by atoms with Crippen LogP contribution in [0.1, 0.15) is 46.4 Å². The largest absolute Gasteiger partial charge is 0.493 e. The van der Waals surface area contributed by atoms with Gasteiger partial charge in [0.25, 0.3) is 0 Å². The van der Waals surface area contributed by atoms with Crippen molar-refractivity contribution in [3.05, 3.63) is 64.8 Å². The molecule has 0 saturated carbocycles. The molecular weight excluding hydrogens is 404 g/mol. The molecular formula is C26H24N2O4. The molecule has 4 rings (SSSR count). The first-order valence-electron chi connectivity index (χ1n) is 10.5. The predicted molar refractivity (Wildman–Crippen MR) is 123 cm³/mol. The Morgan fingerprint density at radius 1 is 1.12 bits per heavy atom. The fraction of sp³-hybridized carbons (Fsp3) is 0.269. The van der Waals surface area contributed by atoms with Gasteiger partial charge in [0.05, 0.1) is 43.7 Å². The van der Waals surface area contributed by atoms with Gasteiger partial charge in [0.2, 0.25) is 0 Å². The number of carbonyl (C=O) groups excluding carboxylic acids is 1. The number of benzene rings is 2. The predicted octanol–water partition coefficient (Wildman–Crippen LogP) is 5.20. The van der Waals surface area contributed by atoms with Gasteiger partial charge in [-0.3, -0.25) is 0 Å². The van der Waals surface area contributed by atoms with E-state index in [0.717, 1.165) is 46.1 Å². The van der Waals surface area contributed by atoms with Crippen LogP contribution in [-0.4, -0.2) is 31.8 Å². The number of nitriles is 1. The maximum Gasteiger partial charge on any atom is 0.339 e. The second-order valence-electron chi connectivity index (χ2n) is 7.51. The summed E-state index contributed by atoms with van der Waals surface area (Å²) in [5.74, 6) is 0.977. The Balaban J connectivity index is 1.75. The van der Waals surface area contributed by atoms with Gasteiger partial charge < -0.3 is 14.2 Å². The van der Waals surface area contributed by atoms with Crippen LogP contribution in [0.3, 0.4) is 0 Å². The number of hydrogen-bond donors (Lipinski definition) is 0. The van der Waals surface area contributed by atoms with E-state index in [9.17, 15) is 4.79 Å². The van der Waals surface area contributed by atoms with Crippen LogP contribution in [0.4, 0.5) is 0 Å². The third-order valence-electron chi connectivity index (χ3n) is 5.56. The molecule has 0 fully saturated rings. The Morgan fingerprint density at radius 2 is 1.94 bits per heavy atom. The summed E-state index contributed by atoms with van der Waals surface area (Å²) in [5, 5.41) is 9.50. The summed E-state index contributed by atoms with van der Waals surface area (Å²) in [6.45, 7) is 0.228. The van der Waals surface area contributed by atoms with Crippen molar-refractivity contribution < 1.29 is 19.0 Å². The number of methoxy groups -OCH3 is 2. The zero-order valence-corrected chi connectivity index (χ0v) is 18.2. The van der Waals surface area contributed by atoms with Gasteiger partial charge in [0.1, 0.15) is 0 Å². The smallest absolute Gasteiger partial charge is 0.339 e. The average molecular weight is 428 g/mol. The molecule has 2 aromatic carbocycles. The van der Waals surface area contributed by atoms with Gasteiger partial charge in [-0.15, -0.1) is 0 Å². The summed E-state index contributed by atoms with van der Waals surface area (Å²) in [7, 11) is 3.22. The van der Waals surface area contributed by atoms with Crippen LogP contribution < -0.4 is 9.47 Å². The molecule has 6 heteroatoms. The summed E-state index contributed by atoms with van der Waals surface area (Å²) < 4.78 is 16.3. The summed E-state index contributed by atoms with van der Waals surface area (Å²) in [5.41, 5.74) is 5.13. The van der Waals surface area contributed by atoms with Crippen molar-refractivity contribution in [3.8, 4) is 17.6 Å². The van der Waals surface area contributed by atoms with E-state index in [2.05, 4.69) is 12.1 Å². The highest BCUT2D eigenvalue weighted by molar-refractivity contribution is 6.07. The molecule has 0 atom stereocenters. The number of para-hydroxylation sites is 1. The summed E-state index contributed by atoms with van der Waals surface area (Å²) in [6.07, 6.45) is 4.47. The SMILES string of the molecule is COc1ccc(/C=C2\CCc3c2nc2ccccc2c3C(=O)OCCCC#N)cc1OC. The third kappa shape index (κ3) is 4.15. The van der Waals surface area contributed by atoms with Crippen LogP contribution in [0.25, 0.3) is 22.6 Å². The molecule has 162 valence electrons. The minimum Gasteiger partial charge on any atom is -0.493 e. The standard InChI is InChI=1S/C26H24N2O4/c1-30-22-12-9-17(16-23(22)31-2)15-18-10-11-20-24(26(29)32-14-6-5-13-27)19-7-3-4-8-21(19)28-25(18)20/h3-4,7-9,12,15-16H,5-6,10-11,14H2,1-2H3/b18-15+. The number of nitrogens with zero attached hydrogens (tertiary/aromatic N) is 2. The van der Waals surface area contributed by atoms with Crippen molar-refractivity contribution >= 4 is 28.5 Å². The van der Waals surface area contributed by atoms with Crippen molar-refractivity contribution in [1.29, 1.82) is 5.26 Å². The van der Waals surface area contributed by atoms with Crippen molar-refractivity contribution in [3.63, 3.8) is 0 Å². The van der Waals surface area contributed by atoms with Crippen LogP contribution in [0.15, 0.2) is 42.5 Å². The number of allylic oxidation sites excluding steroid dienone is 1. The number of pyridine rings is 1. The third-order valence-corrected chi connectivity index (χ3v) is 5.56. The van der Waals surface area contributed by atoms with Crippen LogP contribution in [0.2, 0.25) is 0 Å². The monoisotopic (exact) mass is 428 g/mol. The number of fused-ring (bicyclic) bond motifs is 2. The molecule has 3 aromatic rings. The highest BCUT2D eigenvalue weighted by Gasteiger charge is 2.27. The summed E-state index contributed by atoms with van der Waals surface area (Å²) in [4.78, 5) is 17.9. The van der Waals surface area contributed by atoms with Gasteiger partial charge in [0.15, 0.2) is 11.5 Å². The lowest BCUT2D eigenvalue weighted by Gasteiger charge is -2.12. The number of carbonyl (C=O) groups is 1. The lowest BCUT2D eigenvalue weighted by atomic mass is 10.0. The lowest BCUT2D eigenvalue weighted by Crippen LogP contribution is -2.11. The van der Waals surface area contributed by atoms with Gasteiger partial charge in [-0.2, -0.15) is 5.26 Å². The van der Waals surface area contributed by atoms with Gasteiger partial charge in [-0.25, -0.2) is 9.78 Å². The minimum absolute atomic E-state index is 0.228. The summed E-state index contributed by atoms with van der Waals surface area (Å²) >= 11 is 0. The zero-order valence-electron chi connectivity index (χ0n) is 18.2. The van der Waals surface area contributed by atoms with Gasteiger partial charge >= 0.3 is 5.97 Å². The van der Waals surface area contributed by atoms with E-state index in [4.69, 9.17) is 24.5 Å². The number of esters is 1. The Kier molecular flexibility index (Phi) is 6.37. The van der Waals surface area contributed by atoms with Crippen molar-refractivity contribution in [2.75, 3.05) is 20.8 Å². The van der Waals surface area contributed by atoms with Crippen molar-refractivity contribution in [1.82, 2.24) is 4.98 Å². The van der Waals surface area contributed by atoms with Crippen LogP contribution in [-0.2, 0) is 11.2 Å². The second-order valence-corrected chi connectivity index (χ2v) is 7.51. The van der Waals surface area contributed by atoms with Crippen LogP contribution in [0, 0.1) is 11.3 Å². The summed E-state index contributed by atoms with van der Waals surface area (Å²) in [6, 6.07) is 15.5. The van der Waals surface area contributed by atoms with Crippen molar-refractivity contribution in [2.45, 2.75) is 25.7 Å². The lowest BCUT2D eigenvalue weighted by molar-refractivity contribution is 0.0503. The van der Waals surface area contributed by atoms with E-state index in [1.807, 2.05) is 42.5 Å². The molecule has 0 spiro atoms. The van der Waals surface area contributed by atoms with E-state index in [0.29, 0.717) is 29.9 Å².